The minimum atomic E-state index is 0.782. The first-order valence-electron chi connectivity index (χ1n) is 6.16. The van der Waals surface area contributed by atoms with Crippen molar-refractivity contribution in [2.45, 2.75) is 6.42 Å². The quantitative estimate of drug-likeness (QED) is 0.728. The number of aromatic nitrogens is 1. The molecule has 0 atom stereocenters. The molecule has 0 aliphatic heterocycles. The van der Waals surface area contributed by atoms with E-state index in [1.54, 1.807) is 11.3 Å². The zero-order valence-electron chi connectivity index (χ0n) is 10.4. The summed E-state index contributed by atoms with van der Waals surface area (Å²) >= 11 is 1.73. The van der Waals surface area contributed by atoms with Gasteiger partial charge in [0.25, 0.3) is 0 Å². The van der Waals surface area contributed by atoms with Gasteiger partial charge in [-0.1, -0.05) is 30.3 Å². The Morgan fingerprint density at radius 3 is 2.42 bits per heavy atom. The van der Waals surface area contributed by atoms with Crippen molar-refractivity contribution in [3.8, 4) is 10.6 Å². The fraction of sp³-hybridized carbons (Fsp3) is 0.0625. The highest BCUT2D eigenvalue weighted by Gasteiger charge is 2.05. The van der Waals surface area contributed by atoms with E-state index in [1.807, 2.05) is 36.5 Å². The van der Waals surface area contributed by atoms with E-state index in [-0.39, 0.29) is 0 Å². The molecule has 0 fully saturated rings. The standard InChI is InChI=1S/C16H14N2S/c17-14-8-6-13(7-9-14)16-18-11-15(19-16)10-12-4-2-1-3-5-12/h1-9,11H,10,17H2. The molecule has 3 aromatic rings. The summed E-state index contributed by atoms with van der Waals surface area (Å²) in [5, 5.41) is 1.05. The van der Waals surface area contributed by atoms with Gasteiger partial charge < -0.3 is 5.73 Å². The minimum absolute atomic E-state index is 0.782. The van der Waals surface area contributed by atoms with Gasteiger partial charge in [0.05, 0.1) is 0 Å². The lowest BCUT2D eigenvalue weighted by molar-refractivity contribution is 1.22. The predicted octanol–water partition coefficient (Wildman–Crippen LogP) is 3.98. The molecule has 2 N–H and O–H groups in total. The number of anilines is 1. The molecule has 94 valence electrons. The van der Waals surface area contributed by atoms with E-state index in [0.717, 1.165) is 22.7 Å². The monoisotopic (exact) mass is 266 g/mol. The lowest BCUT2D eigenvalue weighted by Crippen LogP contribution is -1.83. The average Bonchev–Trinajstić information content (AvgIpc) is 2.89. The van der Waals surface area contributed by atoms with Crippen LogP contribution in [-0.4, -0.2) is 4.98 Å². The smallest absolute Gasteiger partial charge is 0.123 e. The largest absolute Gasteiger partial charge is 0.399 e. The first-order chi connectivity index (χ1) is 9.31. The Kier molecular flexibility index (Phi) is 3.29. The zero-order valence-corrected chi connectivity index (χ0v) is 11.2. The molecule has 3 heteroatoms. The van der Waals surface area contributed by atoms with Crippen molar-refractivity contribution in [3.05, 3.63) is 71.2 Å². The van der Waals surface area contributed by atoms with Crippen LogP contribution in [0.2, 0.25) is 0 Å². The van der Waals surface area contributed by atoms with Gasteiger partial charge in [0.2, 0.25) is 0 Å². The molecule has 0 aliphatic carbocycles. The molecule has 0 aliphatic rings. The van der Waals surface area contributed by atoms with E-state index in [9.17, 15) is 0 Å². The molecule has 0 spiro atoms. The summed E-state index contributed by atoms with van der Waals surface area (Å²) in [6.07, 6.45) is 2.90. The van der Waals surface area contributed by atoms with E-state index in [2.05, 4.69) is 29.2 Å². The van der Waals surface area contributed by atoms with Crippen molar-refractivity contribution in [2.75, 3.05) is 5.73 Å². The molecule has 0 amide bonds. The number of hydrogen-bond acceptors (Lipinski definition) is 3. The van der Waals surface area contributed by atoms with Crippen LogP contribution in [0, 0.1) is 0 Å². The highest BCUT2D eigenvalue weighted by Crippen LogP contribution is 2.27. The maximum Gasteiger partial charge on any atom is 0.123 e. The number of nitrogens with two attached hydrogens (primary N) is 1. The van der Waals surface area contributed by atoms with Gasteiger partial charge in [-0.3, -0.25) is 0 Å². The van der Waals surface area contributed by atoms with Gasteiger partial charge in [0.1, 0.15) is 5.01 Å². The first-order valence-corrected chi connectivity index (χ1v) is 6.97. The molecular weight excluding hydrogens is 252 g/mol. The molecule has 1 heterocycles. The van der Waals surface area contributed by atoms with Crippen LogP contribution in [0.4, 0.5) is 5.69 Å². The van der Waals surface area contributed by atoms with Gasteiger partial charge in [0, 0.05) is 28.7 Å². The molecule has 1 aromatic heterocycles. The fourth-order valence-electron chi connectivity index (χ4n) is 1.95. The summed E-state index contributed by atoms with van der Waals surface area (Å²) < 4.78 is 0. The van der Waals surface area contributed by atoms with Gasteiger partial charge in [-0.15, -0.1) is 11.3 Å². The van der Waals surface area contributed by atoms with Crippen LogP contribution >= 0.6 is 11.3 Å². The Labute approximate surface area is 116 Å². The maximum atomic E-state index is 5.70. The topological polar surface area (TPSA) is 38.9 Å². The van der Waals surface area contributed by atoms with Gasteiger partial charge in [0.15, 0.2) is 0 Å². The minimum Gasteiger partial charge on any atom is -0.399 e. The molecule has 0 saturated heterocycles. The molecule has 2 aromatic carbocycles. The zero-order chi connectivity index (χ0) is 13.1. The van der Waals surface area contributed by atoms with Crippen LogP contribution in [0.25, 0.3) is 10.6 Å². The van der Waals surface area contributed by atoms with E-state index in [4.69, 9.17) is 5.73 Å². The van der Waals surface area contributed by atoms with Crippen LogP contribution in [-0.2, 0) is 6.42 Å². The third kappa shape index (κ3) is 2.83. The average molecular weight is 266 g/mol. The van der Waals surface area contributed by atoms with E-state index >= 15 is 0 Å². The van der Waals surface area contributed by atoms with Crippen molar-refractivity contribution in [3.63, 3.8) is 0 Å². The number of nitrogen functional groups attached to an aromatic ring is 1. The summed E-state index contributed by atoms with van der Waals surface area (Å²) in [5.74, 6) is 0. The lowest BCUT2D eigenvalue weighted by atomic mass is 10.1. The lowest BCUT2D eigenvalue weighted by Gasteiger charge is -1.97. The predicted molar refractivity (Wildman–Crippen MR) is 81.2 cm³/mol. The summed E-state index contributed by atoms with van der Waals surface area (Å²) in [6, 6.07) is 18.3. The van der Waals surface area contributed by atoms with Crippen LogP contribution < -0.4 is 5.73 Å². The third-order valence-corrected chi connectivity index (χ3v) is 3.98. The van der Waals surface area contributed by atoms with Crippen molar-refractivity contribution < 1.29 is 0 Å². The van der Waals surface area contributed by atoms with Gasteiger partial charge in [-0.25, -0.2) is 4.98 Å². The first kappa shape index (κ1) is 11.9. The summed E-state index contributed by atoms with van der Waals surface area (Å²) in [7, 11) is 0. The second-order valence-corrected chi connectivity index (χ2v) is 5.53. The Balaban J connectivity index is 1.82. The molecule has 3 rings (SSSR count). The number of nitrogens with zero attached hydrogens (tertiary/aromatic N) is 1. The molecule has 0 bridgehead atoms. The van der Waals surface area contributed by atoms with Crippen molar-refractivity contribution in [1.29, 1.82) is 0 Å². The third-order valence-electron chi connectivity index (χ3n) is 2.93. The number of benzene rings is 2. The molecule has 19 heavy (non-hydrogen) atoms. The number of rotatable bonds is 3. The Morgan fingerprint density at radius 2 is 1.68 bits per heavy atom. The van der Waals surface area contributed by atoms with Crippen molar-refractivity contribution in [1.82, 2.24) is 4.98 Å². The van der Waals surface area contributed by atoms with Crippen molar-refractivity contribution >= 4 is 17.0 Å². The molecule has 2 nitrogen and oxygen atoms in total. The van der Waals surface area contributed by atoms with Gasteiger partial charge >= 0.3 is 0 Å². The summed E-state index contributed by atoms with van der Waals surface area (Å²) in [4.78, 5) is 5.77. The van der Waals surface area contributed by atoms with Crippen LogP contribution in [0.15, 0.2) is 60.8 Å². The van der Waals surface area contributed by atoms with Crippen LogP contribution in [0.3, 0.4) is 0 Å². The van der Waals surface area contributed by atoms with E-state index < -0.39 is 0 Å². The maximum absolute atomic E-state index is 5.70. The van der Waals surface area contributed by atoms with Crippen molar-refractivity contribution in [2.24, 2.45) is 0 Å². The number of thiazole rings is 1. The van der Waals surface area contributed by atoms with Gasteiger partial charge in [-0.05, 0) is 29.8 Å². The second-order valence-electron chi connectivity index (χ2n) is 4.42. The molecule has 0 saturated carbocycles. The highest BCUT2D eigenvalue weighted by molar-refractivity contribution is 7.15. The van der Waals surface area contributed by atoms with E-state index in [0.29, 0.717) is 0 Å². The molecule has 0 radical (unpaired) electrons. The molecule has 0 unspecified atom stereocenters. The Hall–Kier alpha value is -2.13. The van der Waals surface area contributed by atoms with Gasteiger partial charge in [-0.2, -0.15) is 0 Å². The SMILES string of the molecule is Nc1ccc(-c2ncc(Cc3ccccc3)s2)cc1. The van der Waals surface area contributed by atoms with Crippen LogP contribution in [0.1, 0.15) is 10.4 Å². The Bertz CT molecular complexity index is 657. The normalized spacial score (nSPS) is 10.5. The summed E-state index contributed by atoms with van der Waals surface area (Å²) in [6.45, 7) is 0. The highest BCUT2D eigenvalue weighted by atomic mass is 32.1. The second kappa shape index (κ2) is 5.24. The number of hydrogen-bond donors (Lipinski definition) is 1. The van der Waals surface area contributed by atoms with Crippen LogP contribution in [0.5, 0.6) is 0 Å². The Morgan fingerprint density at radius 1 is 0.947 bits per heavy atom. The molecular formula is C16H14N2S. The summed E-state index contributed by atoms with van der Waals surface area (Å²) in [5.41, 5.74) is 8.92. The van der Waals surface area contributed by atoms with E-state index in [1.165, 1.54) is 10.4 Å². The fourth-order valence-corrected chi connectivity index (χ4v) is 2.90.